The molecule has 0 saturated carbocycles. The first-order valence-electron chi connectivity index (χ1n) is 3.34. The molecule has 52 valence electrons. The van der Waals surface area contributed by atoms with E-state index in [0.29, 0.717) is 17.0 Å². The Morgan fingerprint density at radius 1 is 1.67 bits per heavy atom. The second-order valence-corrected chi connectivity index (χ2v) is 3.92. The van der Waals surface area contributed by atoms with E-state index in [1.54, 1.807) is 6.92 Å². The minimum atomic E-state index is 0.310. The summed E-state index contributed by atoms with van der Waals surface area (Å²) in [5, 5.41) is 0.310. The van der Waals surface area contributed by atoms with E-state index in [1.165, 1.54) is 12.2 Å². The summed E-state index contributed by atoms with van der Waals surface area (Å²) in [7, 11) is 0. The van der Waals surface area contributed by atoms with Crippen LogP contribution in [0.15, 0.2) is 0 Å². The lowest BCUT2D eigenvalue weighted by Gasteiger charge is -2.08. The first-order valence-corrected chi connectivity index (χ1v) is 4.38. The van der Waals surface area contributed by atoms with Gasteiger partial charge in [0.1, 0.15) is 5.78 Å². The summed E-state index contributed by atoms with van der Waals surface area (Å²) >= 11 is 1.81. The molecule has 2 unspecified atom stereocenters. The highest BCUT2D eigenvalue weighted by Crippen LogP contribution is 2.31. The number of ketones is 1. The normalized spacial score (nSPS) is 34.9. The largest absolute Gasteiger partial charge is 0.299 e. The van der Waals surface area contributed by atoms with Crippen LogP contribution in [-0.4, -0.2) is 16.8 Å². The fourth-order valence-electron chi connectivity index (χ4n) is 1.21. The second-order valence-electron chi connectivity index (χ2n) is 2.67. The van der Waals surface area contributed by atoms with Gasteiger partial charge in [-0.25, -0.2) is 0 Å². The molecule has 1 nitrogen and oxygen atoms in total. The number of carbonyl (C=O) groups is 1. The third kappa shape index (κ3) is 1.48. The monoisotopic (exact) mass is 144 g/mol. The second kappa shape index (κ2) is 2.74. The maximum Gasteiger partial charge on any atom is 0.143 e. The molecule has 1 rings (SSSR count). The smallest absolute Gasteiger partial charge is 0.143 e. The Bertz CT molecular complexity index is 122. The van der Waals surface area contributed by atoms with E-state index in [0.717, 1.165) is 0 Å². The summed E-state index contributed by atoms with van der Waals surface area (Å²) in [4.78, 5) is 10.8. The van der Waals surface area contributed by atoms with Crippen LogP contribution in [0.5, 0.6) is 0 Å². The third-order valence-electron chi connectivity index (χ3n) is 1.79. The molecule has 0 spiro atoms. The van der Waals surface area contributed by atoms with Crippen molar-refractivity contribution >= 4 is 17.5 Å². The number of Topliss-reactive ketones (excluding diaryl/α,β-unsaturated/α-hetero) is 1. The Labute approximate surface area is 60.2 Å². The fourth-order valence-corrected chi connectivity index (χ4v) is 2.68. The summed E-state index contributed by atoms with van der Waals surface area (Å²) in [6.45, 7) is 3.85. The van der Waals surface area contributed by atoms with Crippen molar-refractivity contribution in [3.05, 3.63) is 0 Å². The molecule has 1 aliphatic rings. The lowest BCUT2D eigenvalue weighted by molar-refractivity contribution is -0.117. The highest BCUT2D eigenvalue weighted by Gasteiger charge is 2.27. The van der Waals surface area contributed by atoms with E-state index < -0.39 is 0 Å². The zero-order valence-corrected chi connectivity index (χ0v) is 6.70. The summed E-state index contributed by atoms with van der Waals surface area (Å²) in [5.41, 5.74) is 0. The van der Waals surface area contributed by atoms with Crippen molar-refractivity contribution in [2.75, 3.05) is 5.75 Å². The Morgan fingerprint density at radius 3 is 2.56 bits per heavy atom. The third-order valence-corrected chi connectivity index (χ3v) is 3.42. The highest BCUT2D eigenvalue weighted by molar-refractivity contribution is 8.00. The van der Waals surface area contributed by atoms with Crippen LogP contribution in [0.2, 0.25) is 0 Å². The molecule has 0 aliphatic carbocycles. The van der Waals surface area contributed by atoms with E-state index in [4.69, 9.17) is 0 Å². The number of rotatable bonds is 1. The summed E-state index contributed by atoms with van der Waals surface area (Å²) in [5.74, 6) is 2.14. The van der Waals surface area contributed by atoms with E-state index >= 15 is 0 Å². The van der Waals surface area contributed by atoms with Crippen LogP contribution in [0.25, 0.3) is 0 Å². The molecule has 0 aromatic rings. The Balaban J connectivity index is 2.49. The molecule has 1 fully saturated rings. The lowest BCUT2D eigenvalue weighted by Crippen LogP contribution is -2.16. The zero-order valence-electron chi connectivity index (χ0n) is 5.89. The number of thioether (sulfide) groups is 1. The van der Waals surface area contributed by atoms with Crippen LogP contribution < -0.4 is 0 Å². The molecule has 0 bridgehead atoms. The van der Waals surface area contributed by atoms with Crippen LogP contribution >= 0.6 is 11.8 Å². The molecule has 0 aromatic heterocycles. The Morgan fingerprint density at radius 2 is 2.33 bits per heavy atom. The van der Waals surface area contributed by atoms with Gasteiger partial charge in [-0.2, -0.15) is 11.8 Å². The van der Waals surface area contributed by atoms with Crippen molar-refractivity contribution in [1.82, 2.24) is 0 Å². The van der Waals surface area contributed by atoms with Gasteiger partial charge in [-0.15, -0.1) is 0 Å². The molecule has 1 saturated heterocycles. The SMILES string of the molecule is CC(=O)C1SCCC1C. The summed E-state index contributed by atoms with van der Waals surface area (Å²) < 4.78 is 0. The number of hydrogen-bond acceptors (Lipinski definition) is 2. The van der Waals surface area contributed by atoms with E-state index in [9.17, 15) is 4.79 Å². The fraction of sp³-hybridized carbons (Fsp3) is 0.857. The first-order chi connectivity index (χ1) is 4.22. The molecule has 9 heavy (non-hydrogen) atoms. The van der Waals surface area contributed by atoms with Crippen molar-refractivity contribution in [2.45, 2.75) is 25.5 Å². The predicted molar refractivity (Wildman–Crippen MR) is 40.7 cm³/mol. The molecular formula is C7H12OS. The molecule has 0 radical (unpaired) electrons. The average molecular weight is 144 g/mol. The van der Waals surface area contributed by atoms with Gasteiger partial charge in [-0.1, -0.05) is 6.92 Å². The van der Waals surface area contributed by atoms with Gasteiger partial charge in [-0.3, -0.25) is 4.79 Å². The van der Waals surface area contributed by atoms with Crippen molar-refractivity contribution in [3.8, 4) is 0 Å². The molecule has 2 heteroatoms. The minimum absolute atomic E-state index is 0.310. The van der Waals surface area contributed by atoms with Crippen LogP contribution in [-0.2, 0) is 4.79 Å². The molecule has 0 aromatic carbocycles. The van der Waals surface area contributed by atoms with Crippen LogP contribution in [0, 0.1) is 5.92 Å². The molecule has 2 atom stereocenters. The Kier molecular flexibility index (Phi) is 2.17. The molecule has 1 heterocycles. The van der Waals surface area contributed by atoms with Crippen LogP contribution in [0.3, 0.4) is 0 Å². The van der Waals surface area contributed by atoms with Gasteiger partial charge in [0.25, 0.3) is 0 Å². The van der Waals surface area contributed by atoms with E-state index in [2.05, 4.69) is 6.92 Å². The topological polar surface area (TPSA) is 17.1 Å². The lowest BCUT2D eigenvalue weighted by atomic mass is 10.0. The van der Waals surface area contributed by atoms with Gasteiger partial charge in [-0.05, 0) is 25.0 Å². The van der Waals surface area contributed by atoms with Gasteiger partial charge in [0, 0.05) is 0 Å². The highest BCUT2D eigenvalue weighted by atomic mass is 32.2. The maximum absolute atomic E-state index is 10.8. The van der Waals surface area contributed by atoms with E-state index in [-0.39, 0.29) is 0 Å². The van der Waals surface area contributed by atoms with Crippen molar-refractivity contribution < 1.29 is 4.79 Å². The summed E-state index contributed by atoms with van der Waals surface area (Å²) in [6.07, 6.45) is 1.22. The summed E-state index contributed by atoms with van der Waals surface area (Å²) in [6, 6.07) is 0. The zero-order chi connectivity index (χ0) is 6.85. The average Bonchev–Trinajstić information content (AvgIpc) is 2.13. The van der Waals surface area contributed by atoms with Gasteiger partial charge >= 0.3 is 0 Å². The molecule has 0 amide bonds. The van der Waals surface area contributed by atoms with Crippen molar-refractivity contribution in [3.63, 3.8) is 0 Å². The molecule has 0 N–H and O–H groups in total. The van der Waals surface area contributed by atoms with Crippen LogP contribution in [0.4, 0.5) is 0 Å². The predicted octanol–water partition coefficient (Wildman–Crippen LogP) is 1.72. The maximum atomic E-state index is 10.8. The Hall–Kier alpha value is 0.0200. The van der Waals surface area contributed by atoms with Crippen molar-refractivity contribution in [2.24, 2.45) is 5.92 Å². The first kappa shape index (κ1) is 7.13. The van der Waals surface area contributed by atoms with Crippen molar-refractivity contribution in [1.29, 1.82) is 0 Å². The number of hydrogen-bond donors (Lipinski definition) is 0. The molecular weight excluding hydrogens is 132 g/mol. The number of carbonyl (C=O) groups excluding carboxylic acids is 1. The van der Waals surface area contributed by atoms with Gasteiger partial charge in [0.2, 0.25) is 0 Å². The van der Waals surface area contributed by atoms with Crippen LogP contribution in [0.1, 0.15) is 20.3 Å². The van der Waals surface area contributed by atoms with E-state index in [1.807, 2.05) is 11.8 Å². The standard InChI is InChI=1S/C7H12OS/c1-5-3-4-9-7(5)6(2)8/h5,7H,3-4H2,1-2H3. The quantitative estimate of drug-likeness (QED) is 0.557. The molecule has 1 aliphatic heterocycles. The van der Waals surface area contributed by atoms with Gasteiger partial charge < -0.3 is 0 Å². The van der Waals surface area contributed by atoms with Gasteiger partial charge in [0.15, 0.2) is 0 Å². The van der Waals surface area contributed by atoms with Gasteiger partial charge in [0.05, 0.1) is 5.25 Å². The minimum Gasteiger partial charge on any atom is -0.299 e.